The second kappa shape index (κ2) is 6.33. The van der Waals surface area contributed by atoms with Crippen molar-refractivity contribution in [3.05, 3.63) is 0 Å². The summed E-state index contributed by atoms with van der Waals surface area (Å²) in [6, 6.07) is 0.458. The fourth-order valence-corrected chi connectivity index (χ4v) is 4.27. The maximum absolute atomic E-state index is 6.01. The summed E-state index contributed by atoms with van der Waals surface area (Å²) in [5, 5.41) is 4.73. The maximum Gasteiger partial charge on any atom is 0.153 e. The molecule has 2 rings (SSSR count). The molecule has 19 heavy (non-hydrogen) atoms. The molecule has 1 aromatic rings. The molecule has 6 heteroatoms. The number of anilines is 2. The first-order valence-corrected chi connectivity index (χ1v) is 8.83. The van der Waals surface area contributed by atoms with Crippen LogP contribution in [0.2, 0.25) is 0 Å². The lowest BCUT2D eigenvalue weighted by Crippen LogP contribution is -2.43. The van der Waals surface area contributed by atoms with E-state index in [1.54, 1.807) is 11.8 Å². The standard InChI is InChI=1S/C13H23N3OS2/c1-4-13(5-2)8-9(6-7-17-13)15-12-10(18-3)11(14)16-19-12/h9,15H,4-8H2,1-3H3,(H2,14,16). The number of ether oxygens (including phenoxy) is 1. The molecule has 1 aliphatic rings. The van der Waals surface area contributed by atoms with Crippen molar-refractivity contribution in [1.82, 2.24) is 4.37 Å². The van der Waals surface area contributed by atoms with E-state index in [1.807, 2.05) is 6.26 Å². The van der Waals surface area contributed by atoms with Crippen molar-refractivity contribution in [2.24, 2.45) is 0 Å². The van der Waals surface area contributed by atoms with E-state index < -0.39 is 0 Å². The molecule has 1 atom stereocenters. The normalized spacial score (nSPS) is 22.4. The van der Waals surface area contributed by atoms with Crippen molar-refractivity contribution in [2.75, 3.05) is 23.9 Å². The van der Waals surface area contributed by atoms with Crippen LogP contribution in [0.4, 0.5) is 10.8 Å². The third kappa shape index (κ3) is 3.17. The van der Waals surface area contributed by atoms with Crippen LogP contribution in [0, 0.1) is 0 Å². The first-order valence-electron chi connectivity index (χ1n) is 6.83. The van der Waals surface area contributed by atoms with Gasteiger partial charge >= 0.3 is 0 Å². The second-order valence-corrected chi connectivity index (χ2v) is 6.59. The third-order valence-corrected chi connectivity index (χ3v) is 5.74. The fourth-order valence-electron chi connectivity index (χ4n) is 2.66. The average Bonchev–Trinajstić information content (AvgIpc) is 2.79. The molecule has 4 nitrogen and oxygen atoms in total. The van der Waals surface area contributed by atoms with E-state index in [0.717, 1.165) is 42.2 Å². The van der Waals surface area contributed by atoms with Crippen molar-refractivity contribution >= 4 is 34.1 Å². The molecule has 1 unspecified atom stereocenters. The first kappa shape index (κ1) is 14.9. The monoisotopic (exact) mass is 301 g/mol. The van der Waals surface area contributed by atoms with Gasteiger partial charge < -0.3 is 15.8 Å². The van der Waals surface area contributed by atoms with Crippen molar-refractivity contribution in [1.29, 1.82) is 0 Å². The van der Waals surface area contributed by atoms with Gasteiger partial charge in [0, 0.05) is 12.6 Å². The summed E-state index contributed by atoms with van der Waals surface area (Å²) < 4.78 is 10.2. The third-order valence-electron chi connectivity index (χ3n) is 4.00. The Morgan fingerprint density at radius 1 is 1.53 bits per heavy atom. The van der Waals surface area contributed by atoms with Crippen molar-refractivity contribution in [3.8, 4) is 0 Å². The molecule has 0 saturated carbocycles. The van der Waals surface area contributed by atoms with Crippen LogP contribution in [0.15, 0.2) is 4.90 Å². The number of nitrogens with two attached hydrogens (primary N) is 1. The molecule has 0 aliphatic carbocycles. The van der Waals surface area contributed by atoms with Crippen LogP contribution in [0.3, 0.4) is 0 Å². The summed E-state index contributed by atoms with van der Waals surface area (Å²) in [7, 11) is 0. The number of hydrogen-bond acceptors (Lipinski definition) is 6. The van der Waals surface area contributed by atoms with Gasteiger partial charge in [0.15, 0.2) is 5.82 Å². The molecule has 0 aromatic carbocycles. The molecule has 1 fully saturated rings. The van der Waals surface area contributed by atoms with Crippen LogP contribution in [0.1, 0.15) is 39.5 Å². The summed E-state index contributed by atoms with van der Waals surface area (Å²) in [6.07, 6.45) is 6.29. The van der Waals surface area contributed by atoms with Crippen LogP contribution in [0.5, 0.6) is 0 Å². The van der Waals surface area contributed by atoms with Gasteiger partial charge in [-0.05, 0) is 43.5 Å². The van der Waals surface area contributed by atoms with Crippen LogP contribution in [0.25, 0.3) is 0 Å². The topological polar surface area (TPSA) is 60.2 Å². The predicted octanol–water partition coefficient (Wildman–Crippen LogP) is 3.60. The SMILES string of the molecule is CCC1(CC)CC(Nc2snc(N)c2SC)CCO1. The summed E-state index contributed by atoms with van der Waals surface area (Å²) in [5.74, 6) is 0.643. The highest BCUT2D eigenvalue weighted by Crippen LogP contribution is 2.38. The Hall–Kier alpha value is -0.460. The maximum atomic E-state index is 6.01. The Morgan fingerprint density at radius 3 is 2.89 bits per heavy atom. The number of hydrogen-bond donors (Lipinski definition) is 2. The number of nitrogens with one attached hydrogen (secondary N) is 1. The Bertz CT molecular complexity index is 418. The van der Waals surface area contributed by atoms with E-state index >= 15 is 0 Å². The minimum Gasteiger partial charge on any atom is -0.382 e. The van der Waals surface area contributed by atoms with E-state index in [4.69, 9.17) is 10.5 Å². The second-order valence-electron chi connectivity index (χ2n) is 5.00. The first-order chi connectivity index (χ1) is 9.14. The van der Waals surface area contributed by atoms with E-state index in [0.29, 0.717) is 11.9 Å². The summed E-state index contributed by atoms with van der Waals surface area (Å²) in [6.45, 7) is 5.26. The zero-order valence-electron chi connectivity index (χ0n) is 11.9. The number of rotatable bonds is 5. The smallest absolute Gasteiger partial charge is 0.153 e. The molecule has 1 aliphatic heterocycles. The highest BCUT2D eigenvalue weighted by molar-refractivity contribution is 7.99. The van der Waals surface area contributed by atoms with Crippen molar-refractivity contribution in [2.45, 2.75) is 56.1 Å². The van der Waals surface area contributed by atoms with Gasteiger partial charge in [0.1, 0.15) is 5.00 Å². The van der Waals surface area contributed by atoms with Gasteiger partial charge in [-0.1, -0.05) is 13.8 Å². The molecule has 3 N–H and O–H groups in total. The van der Waals surface area contributed by atoms with Gasteiger partial charge in [0.05, 0.1) is 10.5 Å². The zero-order valence-corrected chi connectivity index (χ0v) is 13.5. The molecule has 0 spiro atoms. The van der Waals surface area contributed by atoms with Crippen molar-refractivity contribution in [3.63, 3.8) is 0 Å². The minimum absolute atomic E-state index is 0.0473. The van der Waals surface area contributed by atoms with Gasteiger partial charge in [-0.3, -0.25) is 0 Å². The minimum atomic E-state index is 0.0473. The van der Waals surface area contributed by atoms with Crippen LogP contribution >= 0.6 is 23.3 Å². The molecule has 1 saturated heterocycles. The number of aromatic nitrogens is 1. The van der Waals surface area contributed by atoms with Gasteiger partial charge in [-0.25, -0.2) is 0 Å². The molecule has 2 heterocycles. The van der Waals surface area contributed by atoms with Gasteiger partial charge in [0.2, 0.25) is 0 Å². The molecule has 108 valence electrons. The van der Waals surface area contributed by atoms with Gasteiger partial charge in [0.25, 0.3) is 0 Å². The van der Waals surface area contributed by atoms with Crippen LogP contribution in [-0.4, -0.2) is 28.9 Å². The van der Waals surface area contributed by atoms with Gasteiger partial charge in [-0.2, -0.15) is 4.37 Å². The van der Waals surface area contributed by atoms with E-state index in [9.17, 15) is 0 Å². The number of nitrogen functional groups attached to an aromatic ring is 1. The Labute approximate surface area is 123 Å². The van der Waals surface area contributed by atoms with Gasteiger partial charge in [-0.15, -0.1) is 11.8 Å². The molecule has 0 radical (unpaired) electrons. The average molecular weight is 301 g/mol. The summed E-state index contributed by atoms with van der Waals surface area (Å²) >= 11 is 3.12. The molecule has 0 amide bonds. The van der Waals surface area contributed by atoms with Crippen molar-refractivity contribution < 1.29 is 4.74 Å². The summed E-state index contributed by atoms with van der Waals surface area (Å²) in [5.41, 5.74) is 5.92. The Morgan fingerprint density at radius 2 is 2.26 bits per heavy atom. The van der Waals surface area contributed by atoms with E-state index in [1.165, 1.54) is 11.5 Å². The lowest BCUT2D eigenvalue weighted by molar-refractivity contribution is -0.0864. The molecule has 1 aromatic heterocycles. The van der Waals surface area contributed by atoms with E-state index in [-0.39, 0.29) is 5.60 Å². The van der Waals surface area contributed by atoms with E-state index in [2.05, 4.69) is 23.5 Å². The number of nitrogens with zero attached hydrogens (tertiary/aromatic N) is 1. The lowest BCUT2D eigenvalue weighted by Gasteiger charge is -2.40. The molecule has 0 bridgehead atoms. The lowest BCUT2D eigenvalue weighted by atomic mass is 9.86. The van der Waals surface area contributed by atoms with Crippen LogP contribution in [-0.2, 0) is 4.74 Å². The highest BCUT2D eigenvalue weighted by atomic mass is 32.2. The highest BCUT2D eigenvalue weighted by Gasteiger charge is 2.34. The quantitative estimate of drug-likeness (QED) is 0.814. The summed E-state index contributed by atoms with van der Waals surface area (Å²) in [4.78, 5) is 1.08. The molecular formula is C13H23N3OS2. The number of thioether (sulfide) groups is 1. The predicted molar refractivity (Wildman–Crippen MR) is 84.2 cm³/mol. The largest absolute Gasteiger partial charge is 0.382 e. The zero-order chi connectivity index (χ0) is 13.9. The molecular weight excluding hydrogens is 278 g/mol. The fraction of sp³-hybridized carbons (Fsp3) is 0.769. The Balaban J connectivity index is 2.06. The van der Waals surface area contributed by atoms with Crippen LogP contribution < -0.4 is 11.1 Å². The Kier molecular flexibility index (Phi) is 4.97.